The van der Waals surface area contributed by atoms with Gasteiger partial charge in [0.2, 0.25) is 5.91 Å². The molecule has 1 unspecified atom stereocenters. The second-order valence-corrected chi connectivity index (χ2v) is 5.08. The Kier molecular flexibility index (Phi) is 7.79. The number of carbonyl (C=O) groups is 1. The molecule has 0 fully saturated rings. The van der Waals surface area contributed by atoms with Gasteiger partial charge in [-0.2, -0.15) is 0 Å². The van der Waals surface area contributed by atoms with E-state index in [0.29, 0.717) is 32.6 Å². The maximum absolute atomic E-state index is 12.4. The van der Waals surface area contributed by atoms with Crippen molar-refractivity contribution in [1.82, 2.24) is 4.90 Å². The molecule has 0 aliphatic heterocycles. The summed E-state index contributed by atoms with van der Waals surface area (Å²) in [5.74, 6) is 0.0971. The van der Waals surface area contributed by atoms with Crippen molar-refractivity contribution in [2.24, 2.45) is 0 Å². The summed E-state index contributed by atoms with van der Waals surface area (Å²) in [5, 5.41) is 0. The Labute approximate surface area is 127 Å². The number of benzene rings is 1. The zero-order chi connectivity index (χ0) is 15.7. The molecule has 1 aromatic rings. The monoisotopic (exact) mass is 294 g/mol. The van der Waals surface area contributed by atoms with E-state index in [9.17, 15) is 4.79 Å². The van der Waals surface area contributed by atoms with Crippen molar-refractivity contribution >= 4 is 11.6 Å². The molecule has 0 heterocycles. The number of nitrogen functional groups attached to an aromatic ring is 1. The zero-order valence-electron chi connectivity index (χ0n) is 13.2. The van der Waals surface area contributed by atoms with E-state index in [4.69, 9.17) is 15.2 Å². The van der Waals surface area contributed by atoms with Gasteiger partial charge in [0.05, 0.1) is 19.3 Å². The number of aryl methyl sites for hydroxylation is 1. The molecule has 0 saturated heterocycles. The van der Waals surface area contributed by atoms with Crippen LogP contribution in [0.3, 0.4) is 0 Å². The van der Waals surface area contributed by atoms with Crippen LogP contribution in [-0.4, -0.2) is 50.8 Å². The summed E-state index contributed by atoms with van der Waals surface area (Å²) in [6.45, 7) is 3.59. The number of ether oxygens (including phenoxy) is 2. The Morgan fingerprint density at radius 1 is 1.29 bits per heavy atom. The van der Waals surface area contributed by atoms with Crippen LogP contribution in [0.15, 0.2) is 24.3 Å². The van der Waals surface area contributed by atoms with Crippen molar-refractivity contribution < 1.29 is 14.3 Å². The molecule has 0 bridgehead atoms. The first-order valence-electron chi connectivity index (χ1n) is 7.20. The quantitative estimate of drug-likeness (QED) is 0.704. The lowest BCUT2D eigenvalue weighted by atomic mass is 10.1. The van der Waals surface area contributed by atoms with Gasteiger partial charge in [-0.1, -0.05) is 18.2 Å². The molecule has 118 valence electrons. The van der Waals surface area contributed by atoms with E-state index in [1.807, 2.05) is 36.1 Å². The molecule has 0 saturated carbocycles. The molecule has 0 aliphatic carbocycles. The smallest absolute Gasteiger partial charge is 0.223 e. The standard InChI is InChI=1S/C16H26N2O3/c1-13(12-21-3)18(10-11-20-2)16(19)9-8-14-6-4-5-7-15(14)17/h4-7,13H,8-12,17H2,1-3H3. The largest absolute Gasteiger partial charge is 0.399 e. The number of hydrogen-bond acceptors (Lipinski definition) is 4. The van der Waals surface area contributed by atoms with E-state index in [1.165, 1.54) is 0 Å². The van der Waals surface area contributed by atoms with Gasteiger partial charge >= 0.3 is 0 Å². The number of nitrogens with zero attached hydrogens (tertiary/aromatic N) is 1. The van der Waals surface area contributed by atoms with Gasteiger partial charge < -0.3 is 20.1 Å². The van der Waals surface area contributed by atoms with Crippen LogP contribution in [0.1, 0.15) is 18.9 Å². The molecule has 5 nitrogen and oxygen atoms in total. The first-order valence-corrected chi connectivity index (χ1v) is 7.20. The van der Waals surface area contributed by atoms with Crippen molar-refractivity contribution in [3.8, 4) is 0 Å². The predicted molar refractivity (Wildman–Crippen MR) is 84.1 cm³/mol. The molecule has 2 N–H and O–H groups in total. The summed E-state index contributed by atoms with van der Waals surface area (Å²) >= 11 is 0. The third kappa shape index (κ3) is 5.73. The number of hydrogen-bond donors (Lipinski definition) is 1. The van der Waals surface area contributed by atoms with Gasteiger partial charge in [0.25, 0.3) is 0 Å². The van der Waals surface area contributed by atoms with Crippen LogP contribution in [-0.2, 0) is 20.7 Å². The molecule has 1 amide bonds. The van der Waals surface area contributed by atoms with E-state index >= 15 is 0 Å². The third-order valence-electron chi connectivity index (χ3n) is 3.46. The fourth-order valence-electron chi connectivity index (χ4n) is 2.26. The maximum Gasteiger partial charge on any atom is 0.223 e. The van der Waals surface area contributed by atoms with Gasteiger partial charge in [0, 0.05) is 32.9 Å². The van der Waals surface area contributed by atoms with Crippen molar-refractivity contribution in [2.45, 2.75) is 25.8 Å². The number of rotatable bonds is 9. The van der Waals surface area contributed by atoms with Gasteiger partial charge in [-0.15, -0.1) is 0 Å². The van der Waals surface area contributed by atoms with Crippen molar-refractivity contribution in [3.63, 3.8) is 0 Å². The van der Waals surface area contributed by atoms with Crippen LogP contribution in [0.4, 0.5) is 5.69 Å². The number of amides is 1. The van der Waals surface area contributed by atoms with Gasteiger partial charge in [0.1, 0.15) is 0 Å². The minimum atomic E-state index is 0.0331. The highest BCUT2D eigenvalue weighted by molar-refractivity contribution is 5.77. The van der Waals surface area contributed by atoms with Gasteiger partial charge in [-0.05, 0) is 25.0 Å². The van der Waals surface area contributed by atoms with Gasteiger partial charge in [-0.25, -0.2) is 0 Å². The van der Waals surface area contributed by atoms with Crippen LogP contribution in [0.2, 0.25) is 0 Å². The van der Waals surface area contributed by atoms with E-state index < -0.39 is 0 Å². The number of methoxy groups -OCH3 is 2. The summed E-state index contributed by atoms with van der Waals surface area (Å²) in [6, 6.07) is 7.68. The third-order valence-corrected chi connectivity index (χ3v) is 3.46. The van der Waals surface area contributed by atoms with Crippen molar-refractivity contribution in [2.75, 3.05) is 39.7 Å². The fraction of sp³-hybridized carbons (Fsp3) is 0.562. The van der Waals surface area contributed by atoms with Crippen LogP contribution in [0.5, 0.6) is 0 Å². The second kappa shape index (κ2) is 9.37. The Morgan fingerprint density at radius 2 is 2.00 bits per heavy atom. The van der Waals surface area contributed by atoms with Crippen molar-refractivity contribution in [1.29, 1.82) is 0 Å². The lowest BCUT2D eigenvalue weighted by molar-refractivity contribution is -0.135. The van der Waals surface area contributed by atoms with Crippen LogP contribution in [0.25, 0.3) is 0 Å². The molecule has 0 aliphatic rings. The summed E-state index contributed by atoms with van der Waals surface area (Å²) in [5.41, 5.74) is 7.65. The minimum Gasteiger partial charge on any atom is -0.399 e. The topological polar surface area (TPSA) is 64.8 Å². The highest BCUT2D eigenvalue weighted by Gasteiger charge is 2.19. The predicted octanol–water partition coefficient (Wildman–Crippen LogP) is 1.71. The molecular weight excluding hydrogens is 268 g/mol. The second-order valence-electron chi connectivity index (χ2n) is 5.08. The fourth-order valence-corrected chi connectivity index (χ4v) is 2.26. The molecule has 1 aromatic carbocycles. The molecule has 1 atom stereocenters. The molecule has 0 spiro atoms. The number of para-hydroxylation sites is 1. The van der Waals surface area contributed by atoms with Gasteiger partial charge in [0.15, 0.2) is 0 Å². The maximum atomic E-state index is 12.4. The van der Waals surface area contributed by atoms with Crippen LogP contribution < -0.4 is 5.73 Å². The SMILES string of the molecule is COCCN(C(=O)CCc1ccccc1N)C(C)COC. The normalized spacial score (nSPS) is 12.1. The van der Waals surface area contributed by atoms with E-state index in [1.54, 1.807) is 14.2 Å². The summed E-state index contributed by atoms with van der Waals surface area (Å²) in [6.07, 6.45) is 1.08. The van der Waals surface area contributed by atoms with Crippen LogP contribution in [0, 0.1) is 0 Å². The van der Waals surface area contributed by atoms with Gasteiger partial charge in [-0.3, -0.25) is 4.79 Å². The van der Waals surface area contributed by atoms with E-state index in [2.05, 4.69) is 0 Å². The molecule has 5 heteroatoms. The van der Waals surface area contributed by atoms with E-state index in [0.717, 1.165) is 11.3 Å². The molecule has 0 radical (unpaired) electrons. The summed E-state index contributed by atoms with van der Waals surface area (Å²) in [4.78, 5) is 14.2. The first kappa shape index (κ1) is 17.5. The summed E-state index contributed by atoms with van der Waals surface area (Å²) in [7, 11) is 3.27. The Morgan fingerprint density at radius 3 is 2.62 bits per heavy atom. The van der Waals surface area contributed by atoms with Crippen molar-refractivity contribution in [3.05, 3.63) is 29.8 Å². The average molecular weight is 294 g/mol. The highest BCUT2D eigenvalue weighted by Crippen LogP contribution is 2.14. The zero-order valence-corrected chi connectivity index (χ0v) is 13.2. The number of anilines is 1. The molecule has 21 heavy (non-hydrogen) atoms. The Balaban J connectivity index is 2.61. The van der Waals surface area contributed by atoms with Crippen LogP contribution >= 0.6 is 0 Å². The number of nitrogens with two attached hydrogens (primary N) is 1. The lowest BCUT2D eigenvalue weighted by Crippen LogP contribution is -2.43. The average Bonchev–Trinajstić information content (AvgIpc) is 2.47. The molecular formula is C16H26N2O3. The summed E-state index contributed by atoms with van der Waals surface area (Å²) < 4.78 is 10.2. The molecule has 1 rings (SSSR count). The van der Waals surface area contributed by atoms with E-state index in [-0.39, 0.29) is 11.9 Å². The first-order chi connectivity index (χ1) is 10.1. The molecule has 0 aromatic heterocycles. The Bertz CT molecular complexity index is 437. The highest BCUT2D eigenvalue weighted by atomic mass is 16.5. The Hall–Kier alpha value is -1.59. The number of carbonyl (C=O) groups excluding carboxylic acids is 1. The minimum absolute atomic E-state index is 0.0331. The lowest BCUT2D eigenvalue weighted by Gasteiger charge is -2.28.